The SMILES string of the molecule is COC1=C2CN(Cc3ccccc3)C[C@@H]2[C@](C)(C2=NC(C)(C)CO2)c2ccccc21. The normalized spacial score (nSPS) is 27.3. The van der Waals surface area contributed by atoms with Crippen molar-refractivity contribution in [3.05, 3.63) is 76.9 Å². The lowest BCUT2D eigenvalue weighted by atomic mass is 9.64. The van der Waals surface area contributed by atoms with E-state index in [1.54, 1.807) is 7.11 Å². The lowest BCUT2D eigenvalue weighted by Crippen LogP contribution is -2.45. The minimum Gasteiger partial charge on any atom is -0.496 e. The highest BCUT2D eigenvalue weighted by molar-refractivity contribution is 5.94. The number of likely N-dealkylation sites (tertiary alicyclic amines) is 1. The number of methoxy groups -OCH3 is 1. The third-order valence-electron chi connectivity index (χ3n) is 6.84. The maximum absolute atomic E-state index is 6.27. The first-order valence-corrected chi connectivity index (χ1v) is 10.8. The average Bonchev–Trinajstić information content (AvgIpc) is 3.33. The van der Waals surface area contributed by atoms with Crippen molar-refractivity contribution in [1.82, 2.24) is 4.90 Å². The topological polar surface area (TPSA) is 34.1 Å². The Hall–Kier alpha value is -2.59. The first-order chi connectivity index (χ1) is 14.4. The summed E-state index contributed by atoms with van der Waals surface area (Å²) in [6, 6.07) is 19.3. The van der Waals surface area contributed by atoms with Crippen LogP contribution >= 0.6 is 0 Å². The molecule has 2 atom stereocenters. The first kappa shape index (κ1) is 19.4. The van der Waals surface area contributed by atoms with Gasteiger partial charge in [-0.3, -0.25) is 4.90 Å². The van der Waals surface area contributed by atoms with Gasteiger partial charge in [0.1, 0.15) is 12.4 Å². The van der Waals surface area contributed by atoms with Crippen LogP contribution in [-0.2, 0) is 21.4 Å². The van der Waals surface area contributed by atoms with E-state index >= 15 is 0 Å². The van der Waals surface area contributed by atoms with E-state index in [2.05, 4.69) is 80.3 Å². The Morgan fingerprint density at radius 2 is 1.80 bits per heavy atom. The Balaban J connectivity index is 1.61. The third kappa shape index (κ3) is 2.97. The van der Waals surface area contributed by atoms with E-state index in [9.17, 15) is 0 Å². The van der Waals surface area contributed by atoms with Gasteiger partial charge in [-0.05, 0) is 37.5 Å². The van der Waals surface area contributed by atoms with Gasteiger partial charge in [0, 0.05) is 31.1 Å². The Kier molecular flexibility index (Phi) is 4.51. The van der Waals surface area contributed by atoms with Crippen LogP contribution in [0.15, 0.2) is 65.2 Å². The van der Waals surface area contributed by atoms with Crippen molar-refractivity contribution in [2.45, 2.75) is 38.3 Å². The summed E-state index contributed by atoms with van der Waals surface area (Å²) in [7, 11) is 1.80. The molecule has 0 saturated carbocycles. The van der Waals surface area contributed by atoms with Crippen LogP contribution in [0.4, 0.5) is 0 Å². The molecule has 0 bridgehead atoms. The molecule has 0 radical (unpaired) electrons. The predicted octanol–water partition coefficient (Wildman–Crippen LogP) is 4.65. The van der Waals surface area contributed by atoms with Gasteiger partial charge in [-0.15, -0.1) is 0 Å². The second-order valence-corrected chi connectivity index (χ2v) is 9.53. The van der Waals surface area contributed by atoms with Crippen molar-refractivity contribution in [3.63, 3.8) is 0 Å². The highest BCUT2D eigenvalue weighted by Crippen LogP contribution is 2.52. The van der Waals surface area contributed by atoms with Crippen LogP contribution in [0.25, 0.3) is 5.76 Å². The minimum absolute atomic E-state index is 0.180. The second kappa shape index (κ2) is 6.98. The fourth-order valence-electron chi connectivity index (χ4n) is 5.36. The highest BCUT2D eigenvalue weighted by atomic mass is 16.5. The van der Waals surface area contributed by atoms with Gasteiger partial charge < -0.3 is 9.47 Å². The smallest absolute Gasteiger partial charge is 0.195 e. The van der Waals surface area contributed by atoms with Gasteiger partial charge >= 0.3 is 0 Å². The van der Waals surface area contributed by atoms with Crippen LogP contribution < -0.4 is 0 Å². The van der Waals surface area contributed by atoms with E-state index in [0.717, 1.165) is 31.3 Å². The minimum atomic E-state index is -0.298. The molecule has 1 aliphatic carbocycles. The first-order valence-electron chi connectivity index (χ1n) is 10.8. The number of nitrogens with zero attached hydrogens (tertiary/aromatic N) is 2. The molecule has 2 aliphatic heterocycles. The molecule has 3 aliphatic rings. The lowest BCUT2D eigenvalue weighted by molar-refractivity contribution is 0.237. The van der Waals surface area contributed by atoms with Crippen LogP contribution in [0.2, 0.25) is 0 Å². The Morgan fingerprint density at radius 1 is 1.07 bits per heavy atom. The van der Waals surface area contributed by atoms with Crippen LogP contribution in [0.1, 0.15) is 37.5 Å². The average molecular weight is 403 g/mol. The molecule has 5 rings (SSSR count). The maximum atomic E-state index is 6.27. The molecular formula is C26H30N2O2. The number of rotatable bonds is 4. The van der Waals surface area contributed by atoms with E-state index < -0.39 is 0 Å². The van der Waals surface area contributed by atoms with Gasteiger partial charge in [0.2, 0.25) is 0 Å². The Bertz CT molecular complexity index is 1020. The van der Waals surface area contributed by atoms with Crippen molar-refractivity contribution < 1.29 is 9.47 Å². The van der Waals surface area contributed by atoms with Crippen LogP contribution in [0.5, 0.6) is 0 Å². The van der Waals surface area contributed by atoms with E-state index in [4.69, 9.17) is 14.5 Å². The molecule has 2 aromatic rings. The molecule has 4 heteroatoms. The zero-order chi connectivity index (χ0) is 20.9. The zero-order valence-electron chi connectivity index (χ0n) is 18.3. The number of fused-ring (bicyclic) bond motifs is 2. The van der Waals surface area contributed by atoms with Gasteiger partial charge in [-0.1, -0.05) is 54.6 Å². The Labute approximate surface area is 179 Å². The predicted molar refractivity (Wildman–Crippen MR) is 120 cm³/mol. The number of ether oxygens (including phenoxy) is 2. The second-order valence-electron chi connectivity index (χ2n) is 9.53. The molecular weight excluding hydrogens is 372 g/mol. The van der Waals surface area contributed by atoms with Crippen molar-refractivity contribution in [3.8, 4) is 0 Å². The largest absolute Gasteiger partial charge is 0.496 e. The number of benzene rings is 2. The molecule has 0 unspecified atom stereocenters. The molecule has 0 N–H and O–H groups in total. The summed E-state index contributed by atoms with van der Waals surface area (Å²) in [5, 5.41) is 0. The molecule has 156 valence electrons. The van der Waals surface area contributed by atoms with Crippen molar-refractivity contribution in [1.29, 1.82) is 0 Å². The van der Waals surface area contributed by atoms with Gasteiger partial charge in [0.15, 0.2) is 5.90 Å². The van der Waals surface area contributed by atoms with Gasteiger partial charge in [-0.25, -0.2) is 4.99 Å². The monoisotopic (exact) mass is 402 g/mol. The number of hydrogen-bond acceptors (Lipinski definition) is 4. The highest BCUT2D eigenvalue weighted by Gasteiger charge is 2.54. The zero-order valence-corrected chi connectivity index (χ0v) is 18.3. The van der Waals surface area contributed by atoms with Gasteiger partial charge in [-0.2, -0.15) is 0 Å². The molecule has 4 nitrogen and oxygen atoms in total. The summed E-state index contributed by atoms with van der Waals surface area (Å²) in [5.74, 6) is 2.18. The molecule has 30 heavy (non-hydrogen) atoms. The van der Waals surface area contributed by atoms with E-state index in [0.29, 0.717) is 6.61 Å². The summed E-state index contributed by atoms with van der Waals surface area (Å²) in [4.78, 5) is 7.57. The summed E-state index contributed by atoms with van der Waals surface area (Å²) < 4.78 is 12.3. The van der Waals surface area contributed by atoms with E-state index in [1.165, 1.54) is 22.3 Å². The van der Waals surface area contributed by atoms with Crippen LogP contribution in [0, 0.1) is 5.92 Å². The molecule has 0 amide bonds. The summed E-state index contributed by atoms with van der Waals surface area (Å²) in [6.45, 7) is 10.0. The summed E-state index contributed by atoms with van der Waals surface area (Å²) >= 11 is 0. The van der Waals surface area contributed by atoms with Gasteiger partial charge in [0.25, 0.3) is 0 Å². The van der Waals surface area contributed by atoms with E-state index in [1.807, 2.05) is 0 Å². The van der Waals surface area contributed by atoms with Crippen molar-refractivity contribution >= 4 is 11.7 Å². The molecule has 1 saturated heterocycles. The fraction of sp³-hybridized carbons (Fsp3) is 0.423. The Morgan fingerprint density at radius 3 is 2.50 bits per heavy atom. The summed E-state index contributed by atoms with van der Waals surface area (Å²) in [6.07, 6.45) is 0. The standard InChI is InChI=1S/C26H30N2O2/c1-25(2)17-30-24(27-25)26(3)21-13-9-8-12-19(21)23(29-4)20-15-28(16-22(20)26)14-18-10-6-5-7-11-18/h5-13,22H,14-17H2,1-4H3/t22-,26+/m0/s1. The van der Waals surface area contributed by atoms with Crippen LogP contribution in [-0.4, -0.2) is 43.1 Å². The molecule has 2 heterocycles. The number of aliphatic imine (C=N–C) groups is 1. The molecule has 0 spiro atoms. The summed E-state index contributed by atoms with van der Waals surface area (Å²) in [5.41, 5.74) is 4.66. The lowest BCUT2D eigenvalue weighted by Gasteiger charge is -2.41. The van der Waals surface area contributed by atoms with Crippen molar-refractivity contribution in [2.75, 3.05) is 26.8 Å². The van der Waals surface area contributed by atoms with E-state index in [-0.39, 0.29) is 16.9 Å². The number of hydrogen-bond donors (Lipinski definition) is 0. The van der Waals surface area contributed by atoms with Crippen molar-refractivity contribution in [2.24, 2.45) is 10.9 Å². The van der Waals surface area contributed by atoms with Crippen LogP contribution in [0.3, 0.4) is 0 Å². The third-order valence-corrected chi connectivity index (χ3v) is 6.84. The quantitative estimate of drug-likeness (QED) is 0.746. The molecule has 2 aromatic carbocycles. The fourth-order valence-corrected chi connectivity index (χ4v) is 5.36. The maximum Gasteiger partial charge on any atom is 0.195 e. The molecule has 1 fully saturated rings. The molecule has 0 aromatic heterocycles. The van der Waals surface area contributed by atoms with Gasteiger partial charge in [0.05, 0.1) is 18.1 Å².